The molecule has 5 nitrogen and oxygen atoms in total. The molecular formula is C12H22N3O2P. The molecule has 18 heavy (non-hydrogen) atoms. The summed E-state index contributed by atoms with van der Waals surface area (Å²) in [7, 11) is -1.54. The molecule has 0 aromatic rings. The predicted molar refractivity (Wildman–Crippen MR) is 77.2 cm³/mol. The van der Waals surface area contributed by atoms with Gasteiger partial charge in [0.2, 0.25) is 0 Å². The second-order valence-corrected chi connectivity index (χ2v) is 4.19. The molecule has 2 N–H and O–H groups in total. The van der Waals surface area contributed by atoms with Crippen LogP contribution in [0.4, 0.5) is 0 Å². The molecule has 0 aromatic carbocycles. The van der Waals surface area contributed by atoms with Gasteiger partial charge in [-0.2, -0.15) is 10.1 Å². The molecule has 0 amide bonds. The Morgan fingerprint density at radius 2 is 1.06 bits per heavy atom. The molecule has 102 valence electrons. The summed E-state index contributed by atoms with van der Waals surface area (Å²) >= 11 is 0. The molecule has 0 spiro atoms. The molecule has 0 saturated carbocycles. The number of hydroxylamine groups is 4. The summed E-state index contributed by atoms with van der Waals surface area (Å²) in [4.78, 5) is 0. The lowest BCUT2D eigenvalue weighted by Crippen LogP contribution is -2.28. The van der Waals surface area contributed by atoms with E-state index in [1.807, 2.05) is 0 Å². The summed E-state index contributed by atoms with van der Waals surface area (Å²) in [6, 6.07) is 0. The molecule has 0 fully saturated rings. The average molecular weight is 271 g/mol. The normalized spacial score (nSPS) is 10.9. The Morgan fingerprint density at radius 3 is 1.28 bits per heavy atom. The average Bonchev–Trinajstić information content (AvgIpc) is 2.30. The molecule has 6 heteroatoms. The summed E-state index contributed by atoms with van der Waals surface area (Å²) < 4.78 is 10.9. The third-order valence-electron chi connectivity index (χ3n) is 1.72. The first-order chi connectivity index (χ1) is 8.67. The van der Waals surface area contributed by atoms with Crippen molar-refractivity contribution in [2.24, 2.45) is 5.50 Å². The van der Waals surface area contributed by atoms with Crippen LogP contribution in [0.1, 0.15) is 0 Å². The van der Waals surface area contributed by atoms with Crippen LogP contribution in [0.2, 0.25) is 0 Å². The van der Waals surface area contributed by atoms with Crippen LogP contribution in [-0.4, -0.2) is 36.3 Å². The maximum atomic E-state index is 5.80. The van der Waals surface area contributed by atoms with Crippen molar-refractivity contribution in [3.05, 3.63) is 50.6 Å². The Balaban J connectivity index is 4.20. The number of hydrogen-bond donors (Lipinski definition) is 1. The van der Waals surface area contributed by atoms with E-state index in [1.165, 1.54) is 0 Å². The lowest BCUT2D eigenvalue weighted by Gasteiger charge is -2.25. The van der Waals surface area contributed by atoms with E-state index >= 15 is 0 Å². The van der Waals surface area contributed by atoms with E-state index in [-0.39, 0.29) is 0 Å². The SMILES string of the molecule is C=CCN(CC=C)OP(N)ON(CC=C)CC=C. The Labute approximate surface area is 111 Å². The maximum Gasteiger partial charge on any atom is 0.289 e. The minimum atomic E-state index is -1.54. The van der Waals surface area contributed by atoms with E-state index in [0.29, 0.717) is 26.2 Å². The molecule has 0 aliphatic rings. The third kappa shape index (κ3) is 8.31. The fourth-order valence-corrected chi connectivity index (χ4v) is 1.85. The lowest BCUT2D eigenvalue weighted by atomic mass is 10.5. The van der Waals surface area contributed by atoms with Gasteiger partial charge in [0.25, 0.3) is 8.53 Å². The Kier molecular flexibility index (Phi) is 10.8. The summed E-state index contributed by atoms with van der Waals surface area (Å²) in [6.07, 6.45) is 6.88. The van der Waals surface area contributed by atoms with Gasteiger partial charge in [-0.1, -0.05) is 24.3 Å². The van der Waals surface area contributed by atoms with Crippen LogP contribution >= 0.6 is 8.53 Å². The fraction of sp³-hybridized carbons (Fsp3) is 0.333. The molecule has 0 aliphatic heterocycles. The molecule has 0 atom stereocenters. The monoisotopic (exact) mass is 271 g/mol. The van der Waals surface area contributed by atoms with Crippen molar-refractivity contribution in [1.29, 1.82) is 0 Å². The molecule has 0 rings (SSSR count). The molecule has 0 heterocycles. The highest BCUT2D eigenvalue weighted by molar-refractivity contribution is 7.44. The van der Waals surface area contributed by atoms with Crippen molar-refractivity contribution >= 4 is 8.53 Å². The maximum absolute atomic E-state index is 5.80. The fourth-order valence-electron chi connectivity index (χ4n) is 1.10. The van der Waals surface area contributed by atoms with Crippen molar-refractivity contribution in [1.82, 2.24) is 10.1 Å². The van der Waals surface area contributed by atoms with Gasteiger partial charge >= 0.3 is 0 Å². The molecule has 0 radical (unpaired) electrons. The van der Waals surface area contributed by atoms with Crippen LogP contribution in [0.3, 0.4) is 0 Å². The molecule has 0 saturated heterocycles. The van der Waals surface area contributed by atoms with E-state index in [0.717, 1.165) is 0 Å². The number of rotatable bonds is 12. The third-order valence-corrected chi connectivity index (χ3v) is 2.51. The van der Waals surface area contributed by atoms with Gasteiger partial charge in [-0.3, -0.25) is 5.50 Å². The minimum absolute atomic E-state index is 0.550. The highest BCUT2D eigenvalue weighted by Crippen LogP contribution is 2.31. The van der Waals surface area contributed by atoms with E-state index in [9.17, 15) is 0 Å². The highest BCUT2D eigenvalue weighted by atomic mass is 31.2. The van der Waals surface area contributed by atoms with Crippen LogP contribution < -0.4 is 5.50 Å². The van der Waals surface area contributed by atoms with Crippen LogP contribution in [-0.2, 0) is 9.25 Å². The van der Waals surface area contributed by atoms with Gasteiger partial charge in [0.1, 0.15) is 0 Å². The van der Waals surface area contributed by atoms with Gasteiger partial charge in [-0.25, -0.2) is 9.25 Å². The summed E-state index contributed by atoms with van der Waals surface area (Å²) in [5.41, 5.74) is 5.80. The zero-order valence-electron chi connectivity index (χ0n) is 10.7. The first-order valence-corrected chi connectivity index (χ1v) is 6.77. The van der Waals surface area contributed by atoms with E-state index in [4.69, 9.17) is 14.8 Å². The van der Waals surface area contributed by atoms with Crippen molar-refractivity contribution in [3.63, 3.8) is 0 Å². The Bertz CT molecular complexity index is 228. The molecule has 0 aliphatic carbocycles. The van der Waals surface area contributed by atoms with Gasteiger partial charge < -0.3 is 0 Å². The predicted octanol–water partition coefficient (Wildman–Crippen LogP) is 2.38. The second-order valence-electron chi connectivity index (χ2n) is 3.30. The largest absolute Gasteiger partial charge is 0.289 e. The van der Waals surface area contributed by atoms with Crippen LogP contribution in [0, 0.1) is 0 Å². The lowest BCUT2D eigenvalue weighted by molar-refractivity contribution is -0.0895. The van der Waals surface area contributed by atoms with Gasteiger partial charge in [-0.15, -0.1) is 26.3 Å². The van der Waals surface area contributed by atoms with Crippen molar-refractivity contribution in [3.8, 4) is 0 Å². The standard InChI is InChI=1S/C12H22N3O2P/c1-5-9-14(10-6-2)16-18(13)17-15(11-7-3)12-8-4/h5-8H,1-4,9-13H2. The zero-order valence-corrected chi connectivity index (χ0v) is 11.6. The minimum Gasteiger partial charge on any atom is -0.262 e. The van der Waals surface area contributed by atoms with Crippen molar-refractivity contribution in [2.45, 2.75) is 0 Å². The van der Waals surface area contributed by atoms with E-state index in [2.05, 4.69) is 26.3 Å². The second kappa shape index (κ2) is 11.3. The van der Waals surface area contributed by atoms with E-state index in [1.54, 1.807) is 34.4 Å². The molecular weight excluding hydrogens is 249 g/mol. The van der Waals surface area contributed by atoms with Gasteiger partial charge in [-0.05, 0) is 0 Å². The molecule has 0 bridgehead atoms. The van der Waals surface area contributed by atoms with Crippen LogP contribution in [0.25, 0.3) is 0 Å². The number of nitrogens with zero attached hydrogens (tertiary/aromatic N) is 2. The van der Waals surface area contributed by atoms with Crippen molar-refractivity contribution < 1.29 is 9.25 Å². The molecule has 0 unspecified atom stereocenters. The first-order valence-electron chi connectivity index (χ1n) is 5.52. The zero-order chi connectivity index (χ0) is 13.8. The van der Waals surface area contributed by atoms with Crippen LogP contribution in [0.5, 0.6) is 0 Å². The highest BCUT2D eigenvalue weighted by Gasteiger charge is 2.14. The van der Waals surface area contributed by atoms with Gasteiger partial charge in [0.15, 0.2) is 0 Å². The summed E-state index contributed by atoms with van der Waals surface area (Å²) in [5, 5.41) is 3.26. The van der Waals surface area contributed by atoms with Gasteiger partial charge in [0.05, 0.1) is 0 Å². The Hall–Kier alpha value is -0.810. The smallest absolute Gasteiger partial charge is 0.262 e. The van der Waals surface area contributed by atoms with Crippen molar-refractivity contribution in [2.75, 3.05) is 26.2 Å². The molecule has 0 aromatic heterocycles. The Morgan fingerprint density at radius 1 is 0.778 bits per heavy atom. The first kappa shape index (κ1) is 17.2. The number of hydrogen-bond acceptors (Lipinski definition) is 5. The quantitative estimate of drug-likeness (QED) is 0.335. The number of nitrogens with two attached hydrogens (primary N) is 1. The summed E-state index contributed by atoms with van der Waals surface area (Å²) in [6.45, 7) is 16.8. The van der Waals surface area contributed by atoms with E-state index < -0.39 is 8.53 Å². The van der Waals surface area contributed by atoms with Crippen LogP contribution in [0.15, 0.2) is 50.6 Å². The topological polar surface area (TPSA) is 51.0 Å². The summed E-state index contributed by atoms with van der Waals surface area (Å²) in [5.74, 6) is 0. The van der Waals surface area contributed by atoms with Gasteiger partial charge in [0, 0.05) is 26.2 Å².